The number of amides is 1. The lowest BCUT2D eigenvalue weighted by Gasteiger charge is -2.21. The van der Waals surface area contributed by atoms with E-state index >= 15 is 0 Å². The average molecular weight is 454 g/mol. The van der Waals surface area contributed by atoms with Gasteiger partial charge in [0.15, 0.2) is 5.16 Å². The molecule has 2 aromatic carbocycles. The number of fused-ring (bicyclic) bond motifs is 1. The summed E-state index contributed by atoms with van der Waals surface area (Å²) in [7, 11) is 1.26. The number of ether oxygens (including phenoxy) is 1. The van der Waals surface area contributed by atoms with Gasteiger partial charge in [-0.1, -0.05) is 68.1 Å². The molecular weight excluding hydrogens is 426 g/mol. The number of hydrogen-bond donors (Lipinski definition) is 1. The second-order valence-corrected chi connectivity index (χ2v) is 8.77. The van der Waals surface area contributed by atoms with Crippen molar-refractivity contribution in [2.24, 2.45) is 5.92 Å². The monoisotopic (exact) mass is 453 g/mol. The summed E-state index contributed by atoms with van der Waals surface area (Å²) < 4.78 is 5.98. The summed E-state index contributed by atoms with van der Waals surface area (Å²) in [6.07, 6.45) is 0.807. The SMILES string of the molecule is COC(=O)Cn1c(SCC(=O)NC(CC(C)C)c2ccccc2)nc2ccccc2c1=O. The molecule has 8 heteroatoms. The van der Waals surface area contributed by atoms with Crippen LogP contribution in [0.3, 0.4) is 0 Å². The van der Waals surface area contributed by atoms with Crippen molar-refractivity contribution in [2.75, 3.05) is 12.9 Å². The summed E-state index contributed by atoms with van der Waals surface area (Å²) in [4.78, 5) is 42.1. The van der Waals surface area contributed by atoms with Crippen LogP contribution < -0.4 is 10.9 Å². The van der Waals surface area contributed by atoms with Crippen molar-refractivity contribution in [3.63, 3.8) is 0 Å². The first-order valence-electron chi connectivity index (χ1n) is 10.4. The Bertz CT molecular complexity index is 1140. The number of hydrogen-bond acceptors (Lipinski definition) is 6. The molecule has 0 bridgehead atoms. The number of rotatable bonds is 9. The molecule has 1 aromatic heterocycles. The van der Waals surface area contributed by atoms with Crippen molar-refractivity contribution in [2.45, 2.75) is 38.0 Å². The van der Waals surface area contributed by atoms with Crippen LogP contribution in [0.5, 0.6) is 0 Å². The van der Waals surface area contributed by atoms with E-state index in [0.29, 0.717) is 22.0 Å². The van der Waals surface area contributed by atoms with Gasteiger partial charge in [-0.25, -0.2) is 4.98 Å². The largest absolute Gasteiger partial charge is 0.468 e. The van der Waals surface area contributed by atoms with Crippen molar-refractivity contribution in [3.05, 3.63) is 70.5 Å². The highest BCUT2D eigenvalue weighted by molar-refractivity contribution is 7.99. The second kappa shape index (κ2) is 10.9. The third-order valence-electron chi connectivity index (χ3n) is 4.92. The number of thioether (sulfide) groups is 1. The van der Waals surface area contributed by atoms with Gasteiger partial charge in [0.05, 0.1) is 29.8 Å². The van der Waals surface area contributed by atoms with Crippen molar-refractivity contribution < 1.29 is 14.3 Å². The van der Waals surface area contributed by atoms with Gasteiger partial charge >= 0.3 is 5.97 Å². The summed E-state index contributed by atoms with van der Waals surface area (Å²) in [5.74, 6) is -0.262. The highest BCUT2D eigenvalue weighted by Crippen LogP contribution is 2.22. The Labute approximate surface area is 191 Å². The van der Waals surface area contributed by atoms with E-state index in [4.69, 9.17) is 4.74 Å². The highest BCUT2D eigenvalue weighted by atomic mass is 32.2. The van der Waals surface area contributed by atoms with E-state index in [1.807, 2.05) is 30.3 Å². The standard InChI is InChI=1S/C24H27N3O4S/c1-16(2)13-20(17-9-5-4-6-10-17)25-21(28)15-32-24-26-19-12-8-7-11-18(19)23(30)27(24)14-22(29)31-3/h4-12,16,20H,13-15H2,1-3H3,(H,25,28). The van der Waals surface area contributed by atoms with Gasteiger partial charge in [0.1, 0.15) is 6.54 Å². The smallest absolute Gasteiger partial charge is 0.325 e. The minimum absolute atomic E-state index is 0.0629. The Morgan fingerprint density at radius 1 is 1.09 bits per heavy atom. The molecule has 0 saturated heterocycles. The summed E-state index contributed by atoms with van der Waals surface area (Å²) in [6.45, 7) is 3.96. The van der Waals surface area contributed by atoms with Gasteiger partial charge in [-0.3, -0.25) is 19.0 Å². The lowest BCUT2D eigenvalue weighted by molar-refractivity contribution is -0.141. The number of benzene rings is 2. The predicted octanol–water partition coefficient (Wildman–Crippen LogP) is 3.57. The molecule has 168 valence electrons. The average Bonchev–Trinajstić information content (AvgIpc) is 2.79. The van der Waals surface area contributed by atoms with E-state index in [1.54, 1.807) is 24.3 Å². The van der Waals surface area contributed by atoms with Gasteiger partial charge in [-0.05, 0) is 30.0 Å². The quantitative estimate of drug-likeness (QED) is 0.303. The molecule has 0 aliphatic heterocycles. The predicted molar refractivity (Wildman–Crippen MR) is 126 cm³/mol. The van der Waals surface area contributed by atoms with E-state index in [0.717, 1.165) is 23.7 Å². The van der Waals surface area contributed by atoms with Crippen LogP contribution in [-0.4, -0.2) is 34.3 Å². The fourth-order valence-corrected chi connectivity index (χ4v) is 4.20. The van der Waals surface area contributed by atoms with Crippen LogP contribution in [0.4, 0.5) is 0 Å². The van der Waals surface area contributed by atoms with Crippen molar-refractivity contribution in [3.8, 4) is 0 Å². The Hall–Kier alpha value is -3.13. The van der Waals surface area contributed by atoms with Gasteiger partial charge in [-0.2, -0.15) is 0 Å². The van der Waals surface area contributed by atoms with Gasteiger partial charge in [-0.15, -0.1) is 0 Å². The molecule has 3 rings (SSSR count). The molecule has 0 fully saturated rings. The van der Waals surface area contributed by atoms with Crippen LogP contribution in [0, 0.1) is 5.92 Å². The number of esters is 1. The first-order valence-corrected chi connectivity index (χ1v) is 11.4. The van der Waals surface area contributed by atoms with Gasteiger partial charge in [0, 0.05) is 0 Å². The first kappa shape index (κ1) is 23.5. The number of nitrogens with one attached hydrogen (secondary N) is 1. The van der Waals surface area contributed by atoms with Crippen LogP contribution in [0.2, 0.25) is 0 Å². The number of aromatic nitrogens is 2. The number of carbonyl (C=O) groups excluding carboxylic acids is 2. The Morgan fingerprint density at radius 3 is 2.47 bits per heavy atom. The zero-order valence-corrected chi connectivity index (χ0v) is 19.2. The molecule has 0 radical (unpaired) electrons. The number of para-hydroxylation sites is 1. The fourth-order valence-electron chi connectivity index (χ4n) is 3.39. The van der Waals surface area contributed by atoms with Gasteiger partial charge in [0.2, 0.25) is 5.91 Å². The highest BCUT2D eigenvalue weighted by Gasteiger charge is 2.19. The minimum Gasteiger partial charge on any atom is -0.468 e. The molecule has 32 heavy (non-hydrogen) atoms. The van der Waals surface area contributed by atoms with Gasteiger partial charge in [0.25, 0.3) is 5.56 Å². The lowest BCUT2D eigenvalue weighted by atomic mass is 9.97. The summed E-state index contributed by atoms with van der Waals surface area (Å²) in [5, 5.41) is 3.80. The molecule has 0 aliphatic rings. The van der Waals surface area contributed by atoms with E-state index in [9.17, 15) is 14.4 Å². The molecule has 1 heterocycles. The van der Waals surface area contributed by atoms with E-state index in [-0.39, 0.29) is 29.8 Å². The van der Waals surface area contributed by atoms with Crippen LogP contribution >= 0.6 is 11.8 Å². The van der Waals surface area contributed by atoms with E-state index in [2.05, 4.69) is 24.1 Å². The molecule has 1 amide bonds. The number of carbonyl (C=O) groups is 2. The maximum Gasteiger partial charge on any atom is 0.325 e. The summed E-state index contributed by atoms with van der Waals surface area (Å²) in [5.41, 5.74) is 1.22. The normalized spacial score (nSPS) is 12.0. The van der Waals surface area contributed by atoms with Crippen LogP contribution in [-0.2, 0) is 20.9 Å². The summed E-state index contributed by atoms with van der Waals surface area (Å²) in [6, 6.07) is 16.7. The molecule has 1 unspecified atom stereocenters. The molecule has 0 saturated carbocycles. The van der Waals surface area contributed by atoms with Crippen LogP contribution in [0.25, 0.3) is 10.9 Å². The third kappa shape index (κ3) is 5.97. The number of methoxy groups -OCH3 is 1. The van der Waals surface area contributed by atoms with Crippen molar-refractivity contribution in [1.29, 1.82) is 0 Å². The van der Waals surface area contributed by atoms with Crippen molar-refractivity contribution >= 4 is 34.5 Å². The lowest BCUT2D eigenvalue weighted by Crippen LogP contribution is -2.32. The zero-order chi connectivity index (χ0) is 23.1. The van der Waals surface area contributed by atoms with E-state index in [1.165, 1.54) is 11.7 Å². The van der Waals surface area contributed by atoms with Crippen LogP contribution in [0.15, 0.2) is 64.5 Å². The first-order chi connectivity index (χ1) is 15.4. The number of nitrogens with zero attached hydrogens (tertiary/aromatic N) is 2. The molecule has 1 N–H and O–H groups in total. The Kier molecular flexibility index (Phi) is 8.05. The molecule has 0 spiro atoms. The molecular formula is C24H27N3O4S. The third-order valence-corrected chi connectivity index (χ3v) is 5.89. The summed E-state index contributed by atoms with van der Waals surface area (Å²) >= 11 is 1.12. The maximum absolute atomic E-state index is 12.9. The molecule has 0 aliphatic carbocycles. The fraction of sp³-hybridized carbons (Fsp3) is 0.333. The van der Waals surface area contributed by atoms with Gasteiger partial charge < -0.3 is 10.1 Å². The molecule has 1 atom stereocenters. The maximum atomic E-state index is 12.9. The van der Waals surface area contributed by atoms with E-state index < -0.39 is 5.97 Å². The Balaban J connectivity index is 1.81. The van der Waals surface area contributed by atoms with Crippen LogP contribution in [0.1, 0.15) is 31.9 Å². The van der Waals surface area contributed by atoms with Crippen molar-refractivity contribution in [1.82, 2.24) is 14.9 Å². The Morgan fingerprint density at radius 2 is 1.78 bits per heavy atom. The zero-order valence-electron chi connectivity index (χ0n) is 18.4. The molecule has 7 nitrogen and oxygen atoms in total. The molecule has 3 aromatic rings. The minimum atomic E-state index is -0.559. The second-order valence-electron chi connectivity index (χ2n) is 7.83. The topological polar surface area (TPSA) is 90.3 Å².